The Morgan fingerprint density at radius 3 is 2.70 bits per heavy atom. The van der Waals surface area contributed by atoms with Gasteiger partial charge in [0.2, 0.25) is 5.91 Å². The van der Waals surface area contributed by atoms with Crippen molar-refractivity contribution < 1.29 is 17.6 Å². The molecule has 1 aromatic carbocycles. The van der Waals surface area contributed by atoms with Gasteiger partial charge in [0.1, 0.15) is 5.82 Å². The van der Waals surface area contributed by atoms with E-state index in [9.17, 15) is 17.6 Å². The van der Waals surface area contributed by atoms with Gasteiger partial charge in [-0.3, -0.25) is 4.79 Å². The van der Waals surface area contributed by atoms with Crippen molar-refractivity contribution in [3.8, 4) is 0 Å². The Labute approximate surface area is 137 Å². The lowest BCUT2D eigenvalue weighted by atomic mass is 10.0. The van der Waals surface area contributed by atoms with Gasteiger partial charge in [-0.2, -0.15) is 0 Å². The number of hydrogen-bond acceptors (Lipinski definition) is 3. The molecule has 1 amide bonds. The number of carbonyl (C=O) groups excluding carboxylic acids is 1. The van der Waals surface area contributed by atoms with Crippen molar-refractivity contribution in [3.63, 3.8) is 0 Å². The first kappa shape index (κ1) is 17.9. The third-order valence-corrected chi connectivity index (χ3v) is 6.67. The summed E-state index contributed by atoms with van der Waals surface area (Å²) in [6, 6.07) is 5.99. The Kier molecular flexibility index (Phi) is 5.79. The van der Waals surface area contributed by atoms with Gasteiger partial charge in [-0.1, -0.05) is 38.5 Å². The van der Waals surface area contributed by atoms with Crippen molar-refractivity contribution in [1.29, 1.82) is 0 Å². The zero-order valence-electron chi connectivity index (χ0n) is 13.7. The van der Waals surface area contributed by atoms with Crippen LogP contribution >= 0.6 is 0 Å². The highest BCUT2D eigenvalue weighted by Gasteiger charge is 2.34. The molecule has 2 unspecified atom stereocenters. The van der Waals surface area contributed by atoms with Crippen molar-refractivity contribution in [1.82, 2.24) is 4.90 Å². The molecule has 6 heteroatoms. The fraction of sp³-hybridized carbons (Fsp3) is 0.588. The number of amides is 1. The Morgan fingerprint density at radius 2 is 2.04 bits per heavy atom. The minimum atomic E-state index is -3.47. The molecule has 1 aliphatic rings. The van der Waals surface area contributed by atoms with Crippen LogP contribution in [0.2, 0.25) is 0 Å². The predicted octanol–water partition coefficient (Wildman–Crippen LogP) is 2.95. The van der Waals surface area contributed by atoms with Crippen molar-refractivity contribution >= 4 is 15.7 Å². The number of halogens is 1. The molecule has 4 nitrogen and oxygen atoms in total. The van der Waals surface area contributed by atoms with E-state index in [1.54, 1.807) is 17.0 Å². The second-order valence-corrected chi connectivity index (χ2v) is 8.57. The average Bonchev–Trinajstić information content (AvgIpc) is 2.66. The van der Waals surface area contributed by atoms with Crippen LogP contribution < -0.4 is 0 Å². The van der Waals surface area contributed by atoms with Crippen LogP contribution in [-0.2, 0) is 14.6 Å². The molecule has 128 valence electrons. The quantitative estimate of drug-likeness (QED) is 0.846. The summed E-state index contributed by atoms with van der Waals surface area (Å²) in [4.78, 5) is 13.9. The predicted molar refractivity (Wildman–Crippen MR) is 88.2 cm³/mol. The maximum absolute atomic E-state index is 14.0. The van der Waals surface area contributed by atoms with Gasteiger partial charge in [0, 0.05) is 25.1 Å². The van der Waals surface area contributed by atoms with Gasteiger partial charge in [0.15, 0.2) is 9.84 Å². The average molecular weight is 341 g/mol. The molecular weight excluding hydrogens is 317 g/mol. The monoisotopic (exact) mass is 341 g/mol. The fourth-order valence-corrected chi connectivity index (χ4v) is 4.65. The van der Waals surface area contributed by atoms with Gasteiger partial charge in [-0.25, -0.2) is 12.8 Å². The van der Waals surface area contributed by atoms with Crippen molar-refractivity contribution in [3.05, 3.63) is 35.6 Å². The van der Waals surface area contributed by atoms with Crippen LogP contribution in [0.4, 0.5) is 4.39 Å². The number of hydrogen-bond donors (Lipinski definition) is 0. The summed E-state index contributed by atoms with van der Waals surface area (Å²) in [7, 11) is -3.47. The lowest BCUT2D eigenvalue weighted by molar-refractivity contribution is -0.131. The number of nitrogens with zero attached hydrogens (tertiary/aromatic N) is 1. The fourth-order valence-electron chi connectivity index (χ4n) is 2.85. The number of carbonyl (C=O) groups is 1. The van der Waals surface area contributed by atoms with Crippen molar-refractivity contribution in [2.45, 2.75) is 38.4 Å². The van der Waals surface area contributed by atoms with Gasteiger partial charge in [0.25, 0.3) is 0 Å². The first-order valence-corrected chi connectivity index (χ1v) is 9.80. The molecule has 2 atom stereocenters. The van der Waals surface area contributed by atoms with E-state index in [1.165, 1.54) is 12.1 Å². The minimum Gasteiger partial charge on any atom is -0.342 e. The molecule has 1 heterocycles. The minimum absolute atomic E-state index is 0.0104. The molecule has 0 bridgehead atoms. The third kappa shape index (κ3) is 4.31. The second kappa shape index (κ2) is 7.43. The summed E-state index contributed by atoms with van der Waals surface area (Å²) >= 11 is 0. The van der Waals surface area contributed by atoms with Crippen LogP contribution in [-0.4, -0.2) is 38.1 Å². The highest BCUT2D eigenvalue weighted by Crippen LogP contribution is 2.31. The molecule has 0 aliphatic carbocycles. The normalized spacial score (nSPS) is 22.4. The van der Waals surface area contributed by atoms with Gasteiger partial charge in [0.05, 0.1) is 11.0 Å². The van der Waals surface area contributed by atoms with E-state index in [-0.39, 0.29) is 36.1 Å². The Morgan fingerprint density at radius 1 is 1.35 bits per heavy atom. The zero-order chi connectivity index (χ0) is 17.0. The van der Waals surface area contributed by atoms with Crippen LogP contribution in [0, 0.1) is 11.7 Å². The standard InChI is InChI=1S/C17H24FNO3S/c1-3-13(2)12-17(20)19-9-8-16(23(21,22)11-10-19)14-6-4-5-7-15(14)18/h4-7,13,16H,3,8-12H2,1-2H3. The molecule has 2 rings (SSSR count). The van der Waals surface area contributed by atoms with Crippen LogP contribution in [0.1, 0.15) is 43.9 Å². The SMILES string of the molecule is CCC(C)CC(=O)N1CCC(c2ccccc2F)S(=O)(=O)CC1. The lowest BCUT2D eigenvalue weighted by Gasteiger charge is -2.21. The Bertz CT molecular complexity index is 660. The molecule has 1 aromatic rings. The molecule has 0 spiro atoms. The highest BCUT2D eigenvalue weighted by atomic mass is 32.2. The van der Waals surface area contributed by atoms with Crippen LogP contribution in [0.25, 0.3) is 0 Å². The topological polar surface area (TPSA) is 54.5 Å². The number of benzene rings is 1. The summed E-state index contributed by atoms with van der Waals surface area (Å²) in [5.74, 6) is -0.341. The molecule has 0 saturated carbocycles. The van der Waals surface area contributed by atoms with Crippen LogP contribution in [0.5, 0.6) is 0 Å². The molecule has 23 heavy (non-hydrogen) atoms. The van der Waals surface area contributed by atoms with Gasteiger partial charge in [-0.05, 0) is 18.4 Å². The van der Waals surface area contributed by atoms with E-state index in [0.29, 0.717) is 13.0 Å². The maximum atomic E-state index is 14.0. The van der Waals surface area contributed by atoms with Gasteiger partial charge < -0.3 is 4.90 Å². The Hall–Kier alpha value is -1.43. The summed E-state index contributed by atoms with van der Waals surface area (Å²) in [5.41, 5.74) is 0.212. The van der Waals surface area contributed by atoms with Gasteiger partial charge >= 0.3 is 0 Å². The van der Waals surface area contributed by atoms with E-state index >= 15 is 0 Å². The summed E-state index contributed by atoms with van der Waals surface area (Å²) in [6.07, 6.45) is 1.59. The zero-order valence-corrected chi connectivity index (χ0v) is 14.5. The van der Waals surface area contributed by atoms with E-state index < -0.39 is 20.9 Å². The van der Waals surface area contributed by atoms with E-state index in [0.717, 1.165) is 6.42 Å². The number of sulfone groups is 1. The largest absolute Gasteiger partial charge is 0.342 e. The molecule has 1 saturated heterocycles. The molecule has 1 aliphatic heterocycles. The first-order chi connectivity index (χ1) is 10.8. The number of rotatable bonds is 4. The molecule has 0 aromatic heterocycles. The third-order valence-electron chi connectivity index (χ3n) is 4.57. The lowest BCUT2D eigenvalue weighted by Crippen LogP contribution is -2.34. The smallest absolute Gasteiger partial charge is 0.222 e. The van der Waals surface area contributed by atoms with Gasteiger partial charge in [-0.15, -0.1) is 0 Å². The highest BCUT2D eigenvalue weighted by molar-refractivity contribution is 7.91. The molecule has 1 fully saturated rings. The second-order valence-electron chi connectivity index (χ2n) is 6.26. The van der Waals surface area contributed by atoms with Crippen LogP contribution in [0.15, 0.2) is 24.3 Å². The van der Waals surface area contributed by atoms with E-state index in [1.807, 2.05) is 13.8 Å². The summed E-state index contributed by atoms with van der Waals surface area (Å²) in [5, 5.41) is -0.870. The van der Waals surface area contributed by atoms with Crippen LogP contribution in [0.3, 0.4) is 0 Å². The summed E-state index contributed by atoms with van der Waals surface area (Å²) in [6.45, 7) is 4.59. The molecule has 0 radical (unpaired) electrons. The Balaban J connectivity index is 2.17. The molecular formula is C17H24FNO3S. The maximum Gasteiger partial charge on any atom is 0.222 e. The summed E-state index contributed by atoms with van der Waals surface area (Å²) < 4.78 is 39.0. The first-order valence-electron chi connectivity index (χ1n) is 8.09. The van der Waals surface area contributed by atoms with Crippen molar-refractivity contribution in [2.75, 3.05) is 18.8 Å². The van der Waals surface area contributed by atoms with E-state index in [2.05, 4.69) is 0 Å². The van der Waals surface area contributed by atoms with E-state index in [4.69, 9.17) is 0 Å². The molecule has 0 N–H and O–H groups in total. The van der Waals surface area contributed by atoms with Crippen molar-refractivity contribution in [2.24, 2.45) is 5.92 Å².